The molecule has 0 atom stereocenters. The van der Waals surface area contributed by atoms with Crippen LogP contribution in [0.2, 0.25) is 0 Å². The first-order valence-corrected chi connectivity index (χ1v) is 9.34. The van der Waals surface area contributed by atoms with Gasteiger partial charge in [0.15, 0.2) is 5.11 Å². The molecule has 0 saturated carbocycles. The second-order valence-corrected chi connectivity index (χ2v) is 7.02. The standard InChI is InChI=1S/C19H27N5S/c1-4-24-16(3)17(13-20-24)14-22-8-10-23(11-9-22)19(25)21-18-7-5-6-15(2)12-18/h5-7,12-13H,4,8-11,14H2,1-3H3,(H,21,25). The minimum absolute atomic E-state index is 0.820. The van der Waals surface area contributed by atoms with Crippen LogP contribution in [0.1, 0.15) is 23.7 Å². The third-order valence-electron chi connectivity index (χ3n) is 4.83. The lowest BCUT2D eigenvalue weighted by Gasteiger charge is -2.36. The smallest absolute Gasteiger partial charge is 0.173 e. The Morgan fingerprint density at radius 3 is 2.60 bits per heavy atom. The van der Waals surface area contributed by atoms with Gasteiger partial charge in [-0.25, -0.2) is 0 Å². The summed E-state index contributed by atoms with van der Waals surface area (Å²) in [5, 5.41) is 8.63. The van der Waals surface area contributed by atoms with Crippen LogP contribution in [0.3, 0.4) is 0 Å². The highest BCUT2D eigenvalue weighted by Gasteiger charge is 2.20. The summed E-state index contributed by atoms with van der Waals surface area (Å²) in [6, 6.07) is 8.33. The van der Waals surface area contributed by atoms with Crippen molar-refractivity contribution in [2.24, 2.45) is 0 Å². The molecule has 0 bridgehead atoms. The summed E-state index contributed by atoms with van der Waals surface area (Å²) in [6.07, 6.45) is 2.01. The SMILES string of the molecule is CCn1ncc(CN2CCN(C(=S)Nc3cccc(C)c3)CC2)c1C. The van der Waals surface area contributed by atoms with Crippen LogP contribution in [-0.2, 0) is 13.1 Å². The molecule has 5 nitrogen and oxygen atoms in total. The van der Waals surface area contributed by atoms with Crippen LogP contribution in [0.25, 0.3) is 0 Å². The zero-order chi connectivity index (χ0) is 17.8. The molecule has 3 rings (SSSR count). The van der Waals surface area contributed by atoms with E-state index in [1.165, 1.54) is 16.8 Å². The van der Waals surface area contributed by atoms with Gasteiger partial charge in [-0.2, -0.15) is 5.10 Å². The molecule has 1 aliphatic rings. The molecule has 1 fully saturated rings. The van der Waals surface area contributed by atoms with Gasteiger partial charge in [0.2, 0.25) is 0 Å². The molecule has 1 saturated heterocycles. The molecule has 0 amide bonds. The van der Waals surface area contributed by atoms with Crippen LogP contribution in [0.4, 0.5) is 5.69 Å². The van der Waals surface area contributed by atoms with Crippen molar-refractivity contribution in [2.45, 2.75) is 33.9 Å². The fraction of sp³-hybridized carbons (Fsp3) is 0.474. The summed E-state index contributed by atoms with van der Waals surface area (Å²) in [5.74, 6) is 0. The number of anilines is 1. The van der Waals surface area contributed by atoms with Gasteiger partial charge in [0.1, 0.15) is 0 Å². The van der Waals surface area contributed by atoms with Crippen molar-refractivity contribution < 1.29 is 0 Å². The molecule has 6 heteroatoms. The summed E-state index contributed by atoms with van der Waals surface area (Å²) in [5.41, 5.74) is 4.91. The van der Waals surface area contributed by atoms with Crippen molar-refractivity contribution in [3.05, 3.63) is 47.3 Å². The van der Waals surface area contributed by atoms with Crippen LogP contribution in [0.15, 0.2) is 30.5 Å². The minimum Gasteiger partial charge on any atom is -0.346 e. The number of piperazine rings is 1. The molecule has 0 radical (unpaired) electrons. The third kappa shape index (κ3) is 4.38. The van der Waals surface area contributed by atoms with E-state index in [4.69, 9.17) is 12.2 Å². The second-order valence-electron chi connectivity index (χ2n) is 6.63. The number of aryl methyl sites for hydroxylation is 2. The Bertz CT molecular complexity index is 731. The molecule has 1 aliphatic heterocycles. The zero-order valence-electron chi connectivity index (χ0n) is 15.3. The van der Waals surface area contributed by atoms with Gasteiger partial charge in [-0.05, 0) is 50.7 Å². The topological polar surface area (TPSA) is 36.3 Å². The number of hydrogen-bond acceptors (Lipinski definition) is 3. The predicted molar refractivity (Wildman–Crippen MR) is 107 cm³/mol. The van der Waals surface area contributed by atoms with Gasteiger partial charge in [-0.1, -0.05) is 12.1 Å². The van der Waals surface area contributed by atoms with E-state index in [-0.39, 0.29) is 0 Å². The molecular weight excluding hydrogens is 330 g/mol. The van der Waals surface area contributed by atoms with Crippen molar-refractivity contribution in [1.82, 2.24) is 19.6 Å². The number of benzene rings is 1. The highest BCUT2D eigenvalue weighted by Crippen LogP contribution is 2.14. The Morgan fingerprint density at radius 2 is 1.96 bits per heavy atom. The molecule has 1 aromatic carbocycles. The van der Waals surface area contributed by atoms with E-state index in [9.17, 15) is 0 Å². The van der Waals surface area contributed by atoms with E-state index in [1.807, 2.05) is 6.20 Å². The average molecular weight is 358 g/mol. The van der Waals surface area contributed by atoms with E-state index >= 15 is 0 Å². The molecule has 1 N–H and O–H groups in total. The molecule has 2 aromatic rings. The van der Waals surface area contributed by atoms with E-state index in [0.29, 0.717) is 0 Å². The highest BCUT2D eigenvalue weighted by molar-refractivity contribution is 7.80. The lowest BCUT2D eigenvalue weighted by atomic mass is 10.2. The van der Waals surface area contributed by atoms with Gasteiger partial charge in [0.05, 0.1) is 6.20 Å². The van der Waals surface area contributed by atoms with E-state index < -0.39 is 0 Å². The van der Waals surface area contributed by atoms with E-state index in [2.05, 4.69) is 69.9 Å². The largest absolute Gasteiger partial charge is 0.346 e. The fourth-order valence-electron chi connectivity index (χ4n) is 3.23. The molecule has 25 heavy (non-hydrogen) atoms. The second kappa shape index (κ2) is 7.97. The van der Waals surface area contributed by atoms with E-state index in [0.717, 1.165) is 50.1 Å². The monoisotopic (exact) mass is 357 g/mol. The van der Waals surface area contributed by atoms with Gasteiger partial charge in [-0.15, -0.1) is 0 Å². The Kier molecular flexibility index (Phi) is 5.71. The van der Waals surface area contributed by atoms with E-state index in [1.54, 1.807) is 0 Å². The first-order chi connectivity index (χ1) is 12.1. The molecule has 0 aliphatic carbocycles. The average Bonchev–Trinajstić information content (AvgIpc) is 2.95. The fourth-order valence-corrected chi connectivity index (χ4v) is 3.53. The van der Waals surface area contributed by atoms with Gasteiger partial charge >= 0.3 is 0 Å². The number of aromatic nitrogens is 2. The number of hydrogen-bond donors (Lipinski definition) is 1. The van der Waals surface area contributed by atoms with Gasteiger partial charge in [0, 0.05) is 56.2 Å². The van der Waals surface area contributed by atoms with Crippen molar-refractivity contribution >= 4 is 23.0 Å². The van der Waals surface area contributed by atoms with Crippen molar-refractivity contribution in [1.29, 1.82) is 0 Å². The summed E-state index contributed by atoms with van der Waals surface area (Å²) in [6.45, 7) is 12.2. The zero-order valence-corrected chi connectivity index (χ0v) is 16.1. The Hall–Kier alpha value is -1.92. The van der Waals surface area contributed by atoms with Gasteiger partial charge in [0.25, 0.3) is 0 Å². The number of nitrogens with zero attached hydrogens (tertiary/aromatic N) is 4. The Labute approximate surface area is 155 Å². The first-order valence-electron chi connectivity index (χ1n) is 8.93. The van der Waals surface area contributed by atoms with Crippen LogP contribution in [0, 0.1) is 13.8 Å². The van der Waals surface area contributed by atoms with Gasteiger partial charge in [-0.3, -0.25) is 9.58 Å². The highest BCUT2D eigenvalue weighted by atomic mass is 32.1. The van der Waals surface area contributed by atoms with Crippen molar-refractivity contribution in [3.8, 4) is 0 Å². The van der Waals surface area contributed by atoms with Crippen LogP contribution < -0.4 is 5.32 Å². The molecule has 0 unspecified atom stereocenters. The molecular formula is C19H27N5S. The molecule has 2 heterocycles. The quantitative estimate of drug-likeness (QED) is 0.851. The lowest BCUT2D eigenvalue weighted by Crippen LogP contribution is -2.49. The van der Waals surface area contributed by atoms with Crippen LogP contribution >= 0.6 is 12.2 Å². The molecule has 0 spiro atoms. The summed E-state index contributed by atoms with van der Waals surface area (Å²) < 4.78 is 2.06. The third-order valence-corrected chi connectivity index (χ3v) is 5.19. The molecule has 134 valence electrons. The maximum Gasteiger partial charge on any atom is 0.173 e. The molecule has 1 aromatic heterocycles. The first kappa shape index (κ1) is 17.9. The van der Waals surface area contributed by atoms with Gasteiger partial charge < -0.3 is 10.2 Å². The number of rotatable bonds is 4. The maximum absolute atomic E-state index is 5.59. The summed E-state index contributed by atoms with van der Waals surface area (Å²) in [4.78, 5) is 4.74. The Morgan fingerprint density at radius 1 is 1.20 bits per heavy atom. The predicted octanol–water partition coefficient (Wildman–Crippen LogP) is 3.03. The van der Waals surface area contributed by atoms with Crippen LogP contribution in [-0.4, -0.2) is 50.9 Å². The maximum atomic E-state index is 5.59. The number of nitrogens with one attached hydrogen (secondary N) is 1. The lowest BCUT2D eigenvalue weighted by molar-refractivity contribution is 0.176. The summed E-state index contributed by atoms with van der Waals surface area (Å²) in [7, 11) is 0. The summed E-state index contributed by atoms with van der Waals surface area (Å²) >= 11 is 5.59. The minimum atomic E-state index is 0.820. The Balaban J connectivity index is 1.51. The van der Waals surface area contributed by atoms with Crippen molar-refractivity contribution in [3.63, 3.8) is 0 Å². The van der Waals surface area contributed by atoms with Crippen molar-refractivity contribution in [2.75, 3.05) is 31.5 Å². The van der Waals surface area contributed by atoms with Crippen LogP contribution in [0.5, 0.6) is 0 Å². The number of thiocarbonyl (C=S) groups is 1. The normalized spacial score (nSPS) is 15.4.